The van der Waals surface area contributed by atoms with Crippen LogP contribution in [0.4, 0.5) is 0 Å². The Morgan fingerprint density at radius 3 is 2.48 bits per heavy atom. The number of aromatic nitrogens is 1. The van der Waals surface area contributed by atoms with Crippen LogP contribution < -0.4 is 9.47 Å². The summed E-state index contributed by atoms with van der Waals surface area (Å²) in [5.41, 5.74) is 0.837. The maximum absolute atomic E-state index is 5.96. The van der Waals surface area contributed by atoms with Crippen LogP contribution in [0.1, 0.15) is 6.92 Å². The number of hydrogen-bond donors (Lipinski definition) is 0. The molecule has 0 N–H and O–H groups in total. The summed E-state index contributed by atoms with van der Waals surface area (Å²) in [7, 11) is 0. The van der Waals surface area contributed by atoms with Gasteiger partial charge in [0.25, 0.3) is 0 Å². The van der Waals surface area contributed by atoms with Gasteiger partial charge in [0, 0.05) is 10.4 Å². The van der Waals surface area contributed by atoms with E-state index in [1.807, 2.05) is 55.5 Å². The number of halogens is 2. The molecule has 0 saturated heterocycles. The van der Waals surface area contributed by atoms with Crippen molar-refractivity contribution in [3.8, 4) is 17.2 Å². The van der Waals surface area contributed by atoms with Crippen molar-refractivity contribution in [1.82, 2.24) is 4.98 Å². The molecule has 5 heteroatoms. The Morgan fingerprint density at radius 1 is 1.00 bits per heavy atom. The first-order chi connectivity index (χ1) is 11.1. The highest BCUT2D eigenvalue weighted by atomic mass is 35.5. The minimum Gasteiger partial charge on any atom is -0.489 e. The van der Waals surface area contributed by atoms with Crippen molar-refractivity contribution in [3.63, 3.8) is 0 Å². The Morgan fingerprint density at radius 2 is 1.74 bits per heavy atom. The van der Waals surface area contributed by atoms with Crippen LogP contribution in [0, 0.1) is 0 Å². The van der Waals surface area contributed by atoms with Crippen molar-refractivity contribution in [2.45, 2.75) is 13.0 Å². The molecular weight excluding hydrogens is 333 g/mol. The molecule has 1 aromatic heterocycles. The summed E-state index contributed by atoms with van der Waals surface area (Å²) in [4.78, 5) is 4.36. The Balaban J connectivity index is 1.75. The lowest BCUT2D eigenvalue weighted by Crippen LogP contribution is -2.12. The zero-order valence-corrected chi connectivity index (χ0v) is 14.0. The fourth-order valence-electron chi connectivity index (χ4n) is 2.12. The fourth-order valence-corrected chi connectivity index (χ4v) is 2.35. The van der Waals surface area contributed by atoms with Crippen LogP contribution in [0.5, 0.6) is 17.2 Å². The predicted molar refractivity (Wildman–Crippen MR) is 94.1 cm³/mol. The quantitative estimate of drug-likeness (QED) is 0.555. The van der Waals surface area contributed by atoms with Crippen molar-refractivity contribution in [1.29, 1.82) is 0 Å². The minimum absolute atomic E-state index is 0.0278. The molecule has 0 radical (unpaired) electrons. The van der Waals surface area contributed by atoms with Gasteiger partial charge in [-0.15, -0.1) is 11.6 Å². The van der Waals surface area contributed by atoms with Gasteiger partial charge in [-0.3, -0.25) is 4.98 Å². The predicted octanol–water partition coefficient (Wildman–Crippen LogP) is 5.69. The van der Waals surface area contributed by atoms with Crippen molar-refractivity contribution in [3.05, 3.63) is 59.8 Å². The second kappa shape index (κ2) is 7.07. The van der Waals surface area contributed by atoms with Gasteiger partial charge in [-0.1, -0.05) is 17.7 Å². The van der Waals surface area contributed by atoms with E-state index in [1.54, 1.807) is 6.20 Å². The summed E-state index contributed by atoms with van der Waals surface area (Å²) < 4.78 is 11.5. The molecule has 0 aliphatic rings. The van der Waals surface area contributed by atoms with Gasteiger partial charge in [-0.05, 0) is 49.4 Å². The van der Waals surface area contributed by atoms with E-state index < -0.39 is 0 Å². The highest BCUT2D eigenvalue weighted by Crippen LogP contribution is 2.27. The van der Waals surface area contributed by atoms with Gasteiger partial charge in [-0.25, -0.2) is 0 Å². The van der Waals surface area contributed by atoms with Crippen molar-refractivity contribution in [2.24, 2.45) is 0 Å². The molecule has 3 nitrogen and oxygen atoms in total. The van der Waals surface area contributed by atoms with Crippen molar-refractivity contribution >= 4 is 34.1 Å². The van der Waals surface area contributed by atoms with E-state index in [0.717, 1.165) is 16.7 Å². The van der Waals surface area contributed by atoms with Crippen LogP contribution >= 0.6 is 23.2 Å². The maximum atomic E-state index is 5.96. The minimum atomic E-state index is -0.0278. The fraction of sp³-hybridized carbons (Fsp3) is 0.167. The van der Waals surface area contributed by atoms with Crippen LogP contribution in [0.15, 0.2) is 54.7 Å². The summed E-state index contributed by atoms with van der Waals surface area (Å²) >= 11 is 11.7. The third-order valence-corrected chi connectivity index (χ3v) is 3.90. The number of ether oxygens (including phenoxy) is 2. The SMILES string of the molecule is CC(CCl)Oc1ccc(Oc2cnc3cc(Cl)ccc3c2)cc1. The van der Waals surface area contributed by atoms with E-state index in [0.29, 0.717) is 22.4 Å². The number of pyridine rings is 1. The third kappa shape index (κ3) is 4.06. The van der Waals surface area contributed by atoms with Gasteiger partial charge in [0.2, 0.25) is 0 Å². The molecule has 0 bridgehead atoms. The van der Waals surface area contributed by atoms with E-state index in [2.05, 4.69) is 4.98 Å². The molecule has 0 aliphatic heterocycles. The first-order valence-electron chi connectivity index (χ1n) is 7.20. The standard InChI is InChI=1S/C18H15Cl2NO2/c1-12(10-19)22-15-4-6-16(7-5-15)23-17-8-13-2-3-14(20)9-18(13)21-11-17/h2-9,11-12H,10H2,1H3. The summed E-state index contributed by atoms with van der Waals surface area (Å²) in [5.74, 6) is 2.59. The number of nitrogens with zero attached hydrogens (tertiary/aromatic N) is 1. The second-order valence-electron chi connectivity index (χ2n) is 5.16. The van der Waals surface area contributed by atoms with Crippen LogP contribution in [-0.4, -0.2) is 17.0 Å². The lowest BCUT2D eigenvalue weighted by Gasteiger charge is -2.12. The van der Waals surface area contributed by atoms with Gasteiger partial charge >= 0.3 is 0 Å². The topological polar surface area (TPSA) is 31.4 Å². The summed E-state index contributed by atoms with van der Waals surface area (Å²) in [6.07, 6.45) is 1.65. The highest BCUT2D eigenvalue weighted by molar-refractivity contribution is 6.31. The smallest absolute Gasteiger partial charge is 0.146 e. The zero-order chi connectivity index (χ0) is 16.2. The van der Waals surface area contributed by atoms with Crippen molar-refractivity contribution < 1.29 is 9.47 Å². The number of alkyl halides is 1. The summed E-state index contributed by atoms with van der Waals surface area (Å²) in [5, 5.41) is 1.64. The molecule has 3 rings (SSSR count). The third-order valence-electron chi connectivity index (χ3n) is 3.24. The molecule has 1 heterocycles. The Labute approximate surface area is 144 Å². The Hall–Kier alpha value is -1.97. The van der Waals surface area contributed by atoms with Gasteiger partial charge in [-0.2, -0.15) is 0 Å². The number of fused-ring (bicyclic) bond motifs is 1. The summed E-state index contributed by atoms with van der Waals surface area (Å²) in [6.45, 7) is 1.92. The number of hydrogen-bond acceptors (Lipinski definition) is 3. The molecule has 1 atom stereocenters. The second-order valence-corrected chi connectivity index (χ2v) is 5.91. The molecule has 118 valence electrons. The molecule has 2 aromatic carbocycles. The van der Waals surface area contributed by atoms with Crippen LogP contribution in [0.25, 0.3) is 10.9 Å². The molecule has 0 fully saturated rings. The highest BCUT2D eigenvalue weighted by Gasteiger charge is 2.04. The molecular formula is C18H15Cl2NO2. The first-order valence-corrected chi connectivity index (χ1v) is 8.11. The Bertz CT molecular complexity index is 806. The van der Waals surface area contributed by atoms with Crippen LogP contribution in [-0.2, 0) is 0 Å². The van der Waals surface area contributed by atoms with E-state index in [1.165, 1.54) is 0 Å². The Kier molecular flexibility index (Phi) is 4.89. The van der Waals surface area contributed by atoms with Gasteiger partial charge in [0.1, 0.15) is 23.4 Å². The number of benzene rings is 2. The number of rotatable bonds is 5. The largest absolute Gasteiger partial charge is 0.489 e. The van der Waals surface area contributed by atoms with E-state index in [9.17, 15) is 0 Å². The van der Waals surface area contributed by atoms with Crippen molar-refractivity contribution in [2.75, 3.05) is 5.88 Å². The molecule has 0 saturated carbocycles. The van der Waals surface area contributed by atoms with Gasteiger partial charge < -0.3 is 9.47 Å². The molecule has 0 amide bonds. The molecule has 0 spiro atoms. The molecule has 0 aliphatic carbocycles. The normalized spacial score (nSPS) is 12.1. The van der Waals surface area contributed by atoms with Gasteiger partial charge in [0.15, 0.2) is 0 Å². The average Bonchev–Trinajstić information content (AvgIpc) is 2.56. The summed E-state index contributed by atoms with van der Waals surface area (Å²) in [6, 6.07) is 14.9. The van der Waals surface area contributed by atoms with Crippen LogP contribution in [0.2, 0.25) is 5.02 Å². The van der Waals surface area contributed by atoms with Crippen LogP contribution in [0.3, 0.4) is 0 Å². The maximum Gasteiger partial charge on any atom is 0.146 e. The van der Waals surface area contributed by atoms with E-state index in [-0.39, 0.29) is 6.10 Å². The molecule has 3 aromatic rings. The zero-order valence-electron chi connectivity index (χ0n) is 12.5. The van der Waals surface area contributed by atoms with E-state index >= 15 is 0 Å². The van der Waals surface area contributed by atoms with E-state index in [4.69, 9.17) is 32.7 Å². The molecule has 23 heavy (non-hydrogen) atoms. The average molecular weight is 348 g/mol. The lowest BCUT2D eigenvalue weighted by atomic mass is 10.2. The monoisotopic (exact) mass is 347 g/mol. The first kappa shape index (κ1) is 15.9. The molecule has 1 unspecified atom stereocenters. The van der Waals surface area contributed by atoms with Gasteiger partial charge in [0.05, 0.1) is 17.6 Å². The lowest BCUT2D eigenvalue weighted by molar-refractivity contribution is 0.245.